The summed E-state index contributed by atoms with van der Waals surface area (Å²) in [6.07, 6.45) is 0. The van der Waals surface area contributed by atoms with Crippen molar-refractivity contribution in [3.05, 3.63) is 69.7 Å². The minimum Gasteiger partial charge on any atom is -0.456 e. The fourth-order valence-corrected chi connectivity index (χ4v) is 3.91. The normalized spacial score (nSPS) is 18.5. The lowest BCUT2D eigenvalue weighted by molar-refractivity contribution is -0.667. The molecular formula is C26H27N2O+. The lowest BCUT2D eigenvalue weighted by Gasteiger charge is -2.14. The number of rotatable bonds is 2. The third-order valence-electron chi connectivity index (χ3n) is 5.57. The second-order valence-electron chi connectivity index (χ2n) is 7.48. The van der Waals surface area contributed by atoms with Crippen molar-refractivity contribution in [1.82, 2.24) is 0 Å². The van der Waals surface area contributed by atoms with E-state index in [4.69, 9.17) is 22.0 Å². The first-order valence-electron chi connectivity index (χ1n) is 13.3. The summed E-state index contributed by atoms with van der Waals surface area (Å²) in [4.78, 5) is 3.51. The van der Waals surface area contributed by atoms with Crippen LogP contribution in [-0.2, 0) is 7.05 Å². The molecule has 146 valence electrons. The largest absolute Gasteiger partial charge is 0.456 e. The average molecular weight is 392 g/mol. The van der Waals surface area contributed by atoms with Gasteiger partial charge >= 0.3 is 0 Å². The number of aryl methyl sites for hydroxylation is 2. The van der Waals surface area contributed by atoms with E-state index in [-0.39, 0.29) is 28.6 Å². The van der Waals surface area contributed by atoms with Gasteiger partial charge < -0.3 is 4.42 Å². The summed E-state index contributed by atoms with van der Waals surface area (Å²) in [5, 5.41) is 1.58. The molecule has 0 aliphatic carbocycles. The van der Waals surface area contributed by atoms with E-state index in [1.54, 1.807) is 30.7 Å². The summed E-state index contributed by atoms with van der Waals surface area (Å²) in [5.41, 5.74) is 3.31. The summed E-state index contributed by atoms with van der Waals surface area (Å²) >= 11 is 0. The van der Waals surface area contributed by atoms with Crippen molar-refractivity contribution in [3.8, 4) is 11.3 Å². The molecule has 0 amide bonds. The Morgan fingerprint density at radius 1 is 1.24 bits per heavy atom. The second kappa shape index (κ2) is 6.74. The maximum absolute atomic E-state index is 9.17. The smallest absolute Gasteiger partial charge is 0.216 e. The van der Waals surface area contributed by atoms with Crippen LogP contribution in [0.4, 0.5) is 5.69 Å². The summed E-state index contributed by atoms with van der Waals surface area (Å²) in [5.74, 6) is -2.36. The Morgan fingerprint density at radius 2 is 2.03 bits per heavy atom. The van der Waals surface area contributed by atoms with E-state index in [2.05, 4.69) is 4.85 Å². The van der Waals surface area contributed by atoms with Crippen LogP contribution in [0.5, 0.6) is 0 Å². The van der Waals surface area contributed by atoms with Crippen molar-refractivity contribution in [3.63, 3.8) is 0 Å². The number of hydrogen-bond donors (Lipinski definition) is 0. The Hall–Kier alpha value is -3.12. The van der Waals surface area contributed by atoms with E-state index < -0.39 is 19.6 Å². The van der Waals surface area contributed by atoms with Gasteiger partial charge in [-0.25, -0.2) is 4.85 Å². The molecule has 0 N–H and O–H groups in total. The predicted octanol–water partition coefficient (Wildman–Crippen LogP) is 6.99. The lowest BCUT2D eigenvalue weighted by atomic mass is 9.93. The molecule has 29 heavy (non-hydrogen) atoms. The Labute approximate surface area is 183 Å². The molecule has 0 bridgehead atoms. The molecule has 0 aliphatic rings. The van der Waals surface area contributed by atoms with E-state index in [1.807, 2.05) is 26.0 Å². The molecule has 0 saturated carbocycles. The predicted molar refractivity (Wildman–Crippen MR) is 120 cm³/mol. The van der Waals surface area contributed by atoms with Crippen LogP contribution >= 0.6 is 0 Å². The molecule has 0 fully saturated rings. The first-order valence-corrected chi connectivity index (χ1v) is 9.32. The minimum atomic E-state index is -2.89. The Bertz CT molecular complexity index is 1640. The van der Waals surface area contributed by atoms with Crippen LogP contribution in [0.25, 0.3) is 38.0 Å². The van der Waals surface area contributed by atoms with Crippen LogP contribution in [0.3, 0.4) is 0 Å². The van der Waals surface area contributed by atoms with Crippen molar-refractivity contribution in [2.24, 2.45) is 7.05 Å². The molecule has 0 spiro atoms. The fourth-order valence-electron chi connectivity index (χ4n) is 3.91. The van der Waals surface area contributed by atoms with Gasteiger partial charge in [-0.1, -0.05) is 32.0 Å². The Balaban J connectivity index is 2.25. The average Bonchev–Trinajstić information content (AvgIpc) is 3.14. The number of aromatic nitrogens is 1. The van der Waals surface area contributed by atoms with E-state index in [1.165, 1.54) is 0 Å². The number of furan rings is 1. The van der Waals surface area contributed by atoms with Crippen LogP contribution in [-0.4, -0.2) is 0 Å². The van der Waals surface area contributed by atoms with Gasteiger partial charge in [-0.15, -0.1) is 0 Å². The van der Waals surface area contributed by atoms with E-state index >= 15 is 0 Å². The van der Waals surface area contributed by atoms with Crippen molar-refractivity contribution in [2.75, 3.05) is 0 Å². The number of pyridine rings is 1. The van der Waals surface area contributed by atoms with Gasteiger partial charge in [-0.2, -0.15) is 4.57 Å². The summed E-state index contributed by atoms with van der Waals surface area (Å²) < 4.78 is 74.2. The monoisotopic (exact) mass is 391 g/mol. The van der Waals surface area contributed by atoms with E-state index in [0.717, 1.165) is 28.8 Å². The highest BCUT2D eigenvalue weighted by Gasteiger charge is 2.25. The SMILES string of the molecule is [2H]c1c(C([2H])(C)C([2H])([2H])[2H])c(C([2H])([2H])[2H])c(C)[n+](C)c1-c1c(C)ccc2c1oc1cc([N+]#[C-])cc(C)c12. The molecule has 3 heteroatoms. The van der Waals surface area contributed by atoms with Crippen LogP contribution < -0.4 is 4.57 Å². The second-order valence-corrected chi connectivity index (χ2v) is 7.48. The molecule has 4 aromatic rings. The van der Waals surface area contributed by atoms with Crippen molar-refractivity contribution >= 4 is 27.6 Å². The fraction of sp³-hybridized carbons (Fsp3) is 0.308. The molecule has 2 heterocycles. The molecule has 0 aliphatic heterocycles. The molecule has 4 rings (SSSR count). The number of fused-ring (bicyclic) bond motifs is 3. The van der Waals surface area contributed by atoms with Crippen molar-refractivity contribution in [2.45, 2.75) is 47.3 Å². The van der Waals surface area contributed by atoms with Crippen LogP contribution in [0.1, 0.15) is 58.6 Å². The zero-order valence-corrected chi connectivity index (χ0v) is 17.1. The lowest BCUT2D eigenvalue weighted by Crippen LogP contribution is -2.36. The third kappa shape index (κ3) is 2.83. The molecular weight excluding hydrogens is 356 g/mol. The van der Waals surface area contributed by atoms with Crippen LogP contribution in [0, 0.1) is 34.2 Å². The Kier molecular flexibility index (Phi) is 2.74. The molecule has 0 saturated heterocycles. The topological polar surface area (TPSA) is 21.4 Å². The standard InChI is InChI=1S/C26H27N2O/c1-14(2)21-13-22(28(8)18(6)17(21)5)25-15(3)9-10-20-24-16(4)11-19(27-7)12-23(24)29-26(20)25/h9-14H,1-6,8H3/q+1/i1D3,5D3,13D,14D. The van der Waals surface area contributed by atoms with Gasteiger partial charge in [0.1, 0.15) is 18.2 Å². The number of benzene rings is 2. The zero-order valence-electron chi connectivity index (χ0n) is 25.1. The maximum Gasteiger partial charge on any atom is 0.216 e. The minimum absolute atomic E-state index is 0.239. The van der Waals surface area contributed by atoms with Crippen LogP contribution in [0.2, 0.25) is 0 Å². The molecule has 3 nitrogen and oxygen atoms in total. The third-order valence-corrected chi connectivity index (χ3v) is 5.57. The highest BCUT2D eigenvalue weighted by molar-refractivity contribution is 6.11. The van der Waals surface area contributed by atoms with Gasteiger partial charge in [0.15, 0.2) is 11.4 Å². The van der Waals surface area contributed by atoms with E-state index in [0.29, 0.717) is 22.4 Å². The van der Waals surface area contributed by atoms with Gasteiger partial charge in [0.05, 0.1) is 13.5 Å². The number of nitrogens with zero attached hydrogens (tertiary/aromatic N) is 2. The van der Waals surface area contributed by atoms with Gasteiger partial charge in [0.25, 0.3) is 0 Å². The first-order chi connectivity index (χ1) is 16.9. The van der Waals surface area contributed by atoms with Crippen LogP contribution in [0.15, 0.2) is 34.7 Å². The highest BCUT2D eigenvalue weighted by atomic mass is 16.3. The Morgan fingerprint density at radius 3 is 2.72 bits per heavy atom. The van der Waals surface area contributed by atoms with Crippen molar-refractivity contribution < 1.29 is 20.0 Å². The summed E-state index contributed by atoms with van der Waals surface area (Å²) in [6.45, 7) is 8.17. The molecule has 2 aromatic heterocycles. The van der Waals surface area contributed by atoms with Gasteiger partial charge in [-0.3, -0.25) is 0 Å². The summed E-state index contributed by atoms with van der Waals surface area (Å²) in [7, 11) is 1.63. The molecule has 1 unspecified atom stereocenters. The molecule has 1 atom stereocenters. The quantitative estimate of drug-likeness (QED) is 0.267. The van der Waals surface area contributed by atoms with Gasteiger partial charge in [0.2, 0.25) is 5.69 Å². The maximum atomic E-state index is 9.17. The first kappa shape index (κ1) is 11.8. The molecule has 0 radical (unpaired) electrons. The number of hydrogen-bond acceptors (Lipinski definition) is 1. The van der Waals surface area contributed by atoms with Crippen molar-refractivity contribution in [1.29, 1.82) is 0 Å². The molecule has 2 aromatic carbocycles. The zero-order chi connectivity index (χ0) is 27.8. The highest BCUT2D eigenvalue weighted by Crippen LogP contribution is 2.40. The van der Waals surface area contributed by atoms with E-state index in [9.17, 15) is 0 Å². The van der Waals surface area contributed by atoms with Gasteiger partial charge in [-0.05, 0) is 49.4 Å². The van der Waals surface area contributed by atoms with Gasteiger partial charge in [0, 0.05) is 38.9 Å². The summed E-state index contributed by atoms with van der Waals surface area (Å²) in [6, 6.07) is 6.84.